The third-order valence-corrected chi connectivity index (χ3v) is 6.75. The van der Waals surface area contributed by atoms with Gasteiger partial charge in [0.05, 0.1) is 12.2 Å². The number of fused-ring (bicyclic) bond motifs is 3. The molecule has 0 bridgehead atoms. The normalized spacial score (nSPS) is 14.1. The average molecular weight is 461 g/mol. The van der Waals surface area contributed by atoms with E-state index in [9.17, 15) is 0 Å². The molecule has 0 fully saturated rings. The highest BCUT2D eigenvalue weighted by Gasteiger charge is 2.34. The molecule has 0 saturated carbocycles. The summed E-state index contributed by atoms with van der Waals surface area (Å²) in [6.45, 7) is 3.95. The summed E-state index contributed by atoms with van der Waals surface area (Å²) in [5, 5.41) is 2.45. The van der Waals surface area contributed by atoms with E-state index in [0.29, 0.717) is 16.5 Å². The van der Waals surface area contributed by atoms with Gasteiger partial charge in [-0.25, -0.2) is 0 Å². The Morgan fingerprint density at radius 3 is 2.61 bits per heavy atom. The molecule has 0 atom stereocenters. The summed E-state index contributed by atoms with van der Waals surface area (Å²) in [4.78, 5) is 8.17. The zero-order valence-electron chi connectivity index (χ0n) is 15.6. The van der Waals surface area contributed by atoms with Crippen LogP contribution in [-0.4, -0.2) is 23.7 Å². The fourth-order valence-corrected chi connectivity index (χ4v) is 5.31. The van der Waals surface area contributed by atoms with E-state index in [1.807, 2.05) is 18.2 Å². The number of rotatable bonds is 5. The largest absolute Gasteiger partial charge is 0.412 e. The molecule has 8 heteroatoms. The molecule has 0 spiro atoms. The van der Waals surface area contributed by atoms with Crippen molar-refractivity contribution in [2.45, 2.75) is 37.5 Å². The first-order valence-corrected chi connectivity index (χ1v) is 10.5. The quantitative estimate of drug-likeness (QED) is 0.608. The first-order valence-electron chi connectivity index (χ1n) is 8.97. The van der Waals surface area contributed by atoms with Crippen LogP contribution in [0.3, 0.4) is 0 Å². The molecular formula is C20H24Cl3N3OS. The fourth-order valence-electron chi connectivity index (χ4n) is 3.60. The molecule has 28 heavy (non-hydrogen) atoms. The zero-order valence-corrected chi connectivity index (χ0v) is 18.7. The SMILES string of the molecule is CCCCc1cc2c(c(Cc3c(Cl)cccc3Cl)c1N)N1CCN=C1S2.Cl.O. The van der Waals surface area contributed by atoms with Gasteiger partial charge in [-0.1, -0.05) is 42.6 Å². The fraction of sp³-hybridized carbons (Fsp3) is 0.350. The predicted octanol–water partition coefficient (Wildman–Crippen LogP) is 5.39. The number of thioether (sulfide) groups is 1. The number of halogens is 3. The summed E-state index contributed by atoms with van der Waals surface area (Å²) in [5.41, 5.74) is 12.0. The number of amidine groups is 1. The molecule has 4 N–H and O–H groups in total. The van der Waals surface area contributed by atoms with Gasteiger partial charge in [0, 0.05) is 39.2 Å². The molecular weight excluding hydrogens is 437 g/mol. The summed E-state index contributed by atoms with van der Waals surface area (Å²) >= 11 is 14.6. The Labute approximate surface area is 186 Å². The molecule has 0 saturated heterocycles. The topological polar surface area (TPSA) is 73.1 Å². The highest BCUT2D eigenvalue weighted by molar-refractivity contribution is 8.14. The number of aliphatic imine (C=N–C) groups is 1. The van der Waals surface area contributed by atoms with Crippen molar-refractivity contribution in [2.24, 2.45) is 4.99 Å². The minimum Gasteiger partial charge on any atom is -0.412 e. The van der Waals surface area contributed by atoms with Gasteiger partial charge in [0.25, 0.3) is 0 Å². The monoisotopic (exact) mass is 459 g/mol. The Balaban J connectivity index is 0.00000140. The van der Waals surface area contributed by atoms with Crippen LogP contribution in [0.2, 0.25) is 10.0 Å². The first-order chi connectivity index (χ1) is 12.6. The van der Waals surface area contributed by atoms with Crippen LogP contribution in [0.4, 0.5) is 11.4 Å². The van der Waals surface area contributed by atoms with E-state index in [-0.39, 0.29) is 17.9 Å². The molecule has 0 aromatic heterocycles. The lowest BCUT2D eigenvalue weighted by Gasteiger charge is -2.21. The molecule has 152 valence electrons. The lowest BCUT2D eigenvalue weighted by atomic mass is 9.95. The molecule has 4 nitrogen and oxygen atoms in total. The molecule has 0 radical (unpaired) electrons. The van der Waals surface area contributed by atoms with E-state index in [4.69, 9.17) is 28.9 Å². The van der Waals surface area contributed by atoms with Gasteiger partial charge >= 0.3 is 0 Å². The van der Waals surface area contributed by atoms with Gasteiger partial charge in [-0.05, 0) is 53.9 Å². The van der Waals surface area contributed by atoms with Crippen LogP contribution in [0.5, 0.6) is 0 Å². The summed E-state index contributed by atoms with van der Waals surface area (Å²) in [5.74, 6) is 0. The third-order valence-electron chi connectivity index (χ3n) is 4.98. The number of nitrogens with two attached hydrogens (primary N) is 1. The van der Waals surface area contributed by atoms with Gasteiger partial charge < -0.3 is 16.1 Å². The zero-order chi connectivity index (χ0) is 18.3. The van der Waals surface area contributed by atoms with Crippen molar-refractivity contribution in [3.8, 4) is 0 Å². The summed E-state index contributed by atoms with van der Waals surface area (Å²) < 4.78 is 0. The average Bonchev–Trinajstić information content (AvgIpc) is 3.19. The van der Waals surface area contributed by atoms with Crippen LogP contribution in [-0.2, 0) is 12.8 Å². The Bertz CT molecular complexity index is 885. The van der Waals surface area contributed by atoms with Gasteiger partial charge in [-0.15, -0.1) is 12.4 Å². The Morgan fingerprint density at radius 1 is 1.21 bits per heavy atom. The minimum atomic E-state index is 0. The number of nitrogens with zero attached hydrogens (tertiary/aromatic N) is 2. The highest BCUT2D eigenvalue weighted by atomic mass is 35.5. The number of unbranched alkanes of at least 4 members (excludes halogenated alkanes) is 1. The molecule has 0 aliphatic carbocycles. The third kappa shape index (κ3) is 4.10. The maximum absolute atomic E-state index is 6.67. The number of anilines is 2. The second kappa shape index (κ2) is 9.59. The van der Waals surface area contributed by atoms with E-state index >= 15 is 0 Å². The lowest BCUT2D eigenvalue weighted by molar-refractivity contribution is 0.794. The number of benzene rings is 2. The van der Waals surface area contributed by atoms with Crippen molar-refractivity contribution >= 4 is 63.9 Å². The van der Waals surface area contributed by atoms with Crippen LogP contribution in [0.25, 0.3) is 0 Å². The molecule has 2 aromatic carbocycles. The summed E-state index contributed by atoms with van der Waals surface area (Å²) in [6.07, 6.45) is 3.90. The van der Waals surface area contributed by atoms with Crippen LogP contribution >= 0.6 is 47.4 Å². The number of nitrogen functional groups attached to an aromatic ring is 1. The number of hydrogen-bond donors (Lipinski definition) is 1. The van der Waals surface area contributed by atoms with Crippen LogP contribution in [0.1, 0.15) is 36.5 Å². The van der Waals surface area contributed by atoms with Gasteiger partial charge in [-0.3, -0.25) is 4.99 Å². The number of hydrogen-bond acceptors (Lipinski definition) is 4. The molecule has 0 unspecified atom stereocenters. The van der Waals surface area contributed by atoms with Crippen molar-refractivity contribution in [3.05, 3.63) is 51.0 Å². The van der Waals surface area contributed by atoms with E-state index in [1.165, 1.54) is 16.1 Å². The Kier molecular flexibility index (Phi) is 7.94. The molecule has 4 rings (SSSR count). The van der Waals surface area contributed by atoms with Crippen molar-refractivity contribution in [1.29, 1.82) is 0 Å². The van der Waals surface area contributed by atoms with Gasteiger partial charge in [0.1, 0.15) is 0 Å². The second-order valence-electron chi connectivity index (χ2n) is 6.67. The van der Waals surface area contributed by atoms with Crippen molar-refractivity contribution in [2.75, 3.05) is 23.7 Å². The van der Waals surface area contributed by atoms with Crippen molar-refractivity contribution < 1.29 is 5.48 Å². The standard InChI is InChI=1S/C20H21Cl2N3S.ClH.H2O/c1-2-3-5-12-10-17-19(25-9-8-24-20(25)26-17)14(18(12)23)11-13-15(21)6-4-7-16(13)22;;/h4,6-7,10H,2-3,5,8-9,11,23H2,1H3;1H;1H2. The van der Waals surface area contributed by atoms with E-state index in [0.717, 1.165) is 54.3 Å². The minimum absolute atomic E-state index is 0. The molecule has 0 amide bonds. The molecule has 2 aliphatic rings. The van der Waals surface area contributed by atoms with Crippen LogP contribution in [0.15, 0.2) is 34.2 Å². The lowest BCUT2D eigenvalue weighted by Crippen LogP contribution is -2.22. The smallest absolute Gasteiger partial charge is 0.168 e. The second-order valence-corrected chi connectivity index (χ2v) is 8.50. The van der Waals surface area contributed by atoms with E-state index < -0.39 is 0 Å². The summed E-state index contributed by atoms with van der Waals surface area (Å²) in [6, 6.07) is 7.90. The van der Waals surface area contributed by atoms with Crippen molar-refractivity contribution in [3.63, 3.8) is 0 Å². The van der Waals surface area contributed by atoms with Crippen LogP contribution < -0.4 is 10.6 Å². The first kappa shape index (κ1) is 23.2. The van der Waals surface area contributed by atoms with Gasteiger partial charge in [0.2, 0.25) is 0 Å². The highest BCUT2D eigenvalue weighted by Crippen LogP contribution is 2.48. The van der Waals surface area contributed by atoms with Crippen LogP contribution in [0, 0.1) is 0 Å². The van der Waals surface area contributed by atoms with Gasteiger partial charge in [-0.2, -0.15) is 0 Å². The molecule has 2 aromatic rings. The Morgan fingerprint density at radius 2 is 1.93 bits per heavy atom. The molecule has 2 aliphatic heterocycles. The van der Waals surface area contributed by atoms with Gasteiger partial charge in [0.15, 0.2) is 5.17 Å². The summed E-state index contributed by atoms with van der Waals surface area (Å²) in [7, 11) is 0. The maximum Gasteiger partial charge on any atom is 0.168 e. The van der Waals surface area contributed by atoms with Crippen molar-refractivity contribution in [1.82, 2.24) is 0 Å². The maximum atomic E-state index is 6.67. The van der Waals surface area contributed by atoms with E-state index in [1.54, 1.807) is 11.8 Å². The molecule has 2 heterocycles. The Hall–Kier alpha value is -1.11. The van der Waals surface area contributed by atoms with E-state index in [2.05, 4.69) is 22.9 Å². The number of aryl methyl sites for hydroxylation is 1. The predicted molar refractivity (Wildman–Crippen MR) is 125 cm³/mol.